The van der Waals surface area contributed by atoms with Gasteiger partial charge in [0.1, 0.15) is 6.07 Å². The van der Waals surface area contributed by atoms with Gasteiger partial charge in [0.15, 0.2) is 5.16 Å². The molecule has 0 spiro atoms. The summed E-state index contributed by atoms with van der Waals surface area (Å²) in [5.41, 5.74) is 3.98. The molecule has 0 saturated carbocycles. The summed E-state index contributed by atoms with van der Waals surface area (Å²) < 4.78 is 1.96. The Hall–Kier alpha value is -3.35. The van der Waals surface area contributed by atoms with Crippen molar-refractivity contribution in [1.82, 2.24) is 24.3 Å². The van der Waals surface area contributed by atoms with Crippen molar-refractivity contribution in [2.75, 3.05) is 38.0 Å². The van der Waals surface area contributed by atoms with Crippen LogP contribution in [0, 0.1) is 11.3 Å². The van der Waals surface area contributed by atoms with Gasteiger partial charge in [-0.2, -0.15) is 5.26 Å². The van der Waals surface area contributed by atoms with Crippen molar-refractivity contribution in [1.29, 1.82) is 5.26 Å². The van der Waals surface area contributed by atoms with Crippen LogP contribution in [-0.2, 0) is 7.05 Å². The number of likely N-dealkylation sites (tertiary alicyclic amines) is 2. The van der Waals surface area contributed by atoms with Crippen molar-refractivity contribution in [3.63, 3.8) is 0 Å². The first-order chi connectivity index (χ1) is 20.6. The topological polar surface area (TPSA) is 73.0 Å². The van der Waals surface area contributed by atoms with Crippen molar-refractivity contribution in [3.05, 3.63) is 77.2 Å². The molecule has 6 rings (SSSR count). The van der Waals surface area contributed by atoms with Crippen molar-refractivity contribution in [2.24, 2.45) is 7.05 Å². The van der Waals surface area contributed by atoms with E-state index in [4.69, 9.17) is 11.6 Å². The number of benzene rings is 2. The number of halogens is 1. The second kappa shape index (κ2) is 13.3. The molecule has 1 N–H and O–H groups in total. The van der Waals surface area contributed by atoms with Crippen LogP contribution in [0.25, 0.3) is 17.0 Å². The van der Waals surface area contributed by atoms with E-state index in [1.165, 1.54) is 63.6 Å². The minimum Gasteiger partial charge on any atom is -0.354 e. The Morgan fingerprint density at radius 2 is 1.93 bits per heavy atom. The van der Waals surface area contributed by atoms with Crippen LogP contribution in [0.1, 0.15) is 43.2 Å². The molecule has 7 nitrogen and oxygen atoms in total. The molecule has 0 radical (unpaired) electrons. The molecule has 2 fully saturated rings. The summed E-state index contributed by atoms with van der Waals surface area (Å²) in [4.78, 5) is 15.2. The molecule has 0 unspecified atom stereocenters. The minimum atomic E-state index is 0.488. The number of piperidine rings is 1. The third-order valence-corrected chi connectivity index (χ3v) is 9.91. The molecule has 0 amide bonds. The molecule has 0 bridgehead atoms. The summed E-state index contributed by atoms with van der Waals surface area (Å²) in [5, 5.41) is 15.6. The van der Waals surface area contributed by atoms with Gasteiger partial charge < -0.3 is 19.7 Å². The Balaban J connectivity index is 1.09. The van der Waals surface area contributed by atoms with Crippen LogP contribution >= 0.6 is 23.4 Å². The summed E-state index contributed by atoms with van der Waals surface area (Å²) in [6.07, 6.45) is 16.2. The van der Waals surface area contributed by atoms with E-state index in [-0.39, 0.29) is 0 Å². The summed E-state index contributed by atoms with van der Waals surface area (Å²) in [6.45, 7) is 6.14. The maximum atomic E-state index is 9.81. The number of imidazole rings is 1. The van der Waals surface area contributed by atoms with E-state index in [9.17, 15) is 5.26 Å². The number of anilines is 2. The summed E-state index contributed by atoms with van der Waals surface area (Å²) in [5.74, 6) is 0. The van der Waals surface area contributed by atoms with E-state index in [1.54, 1.807) is 12.4 Å². The number of nitrogens with one attached hydrogen (secondary N) is 1. The first kappa shape index (κ1) is 28.8. The number of hydrogen-bond donors (Lipinski definition) is 1. The molecule has 4 aromatic rings. The third kappa shape index (κ3) is 6.66. The van der Waals surface area contributed by atoms with Crippen LogP contribution in [0.15, 0.2) is 71.1 Å². The Bertz CT molecular complexity index is 1610. The largest absolute Gasteiger partial charge is 0.354 e. The molecule has 2 aromatic carbocycles. The van der Waals surface area contributed by atoms with Crippen LogP contribution in [0.3, 0.4) is 0 Å². The normalized spacial score (nSPS) is 16.9. The summed E-state index contributed by atoms with van der Waals surface area (Å²) in [7, 11) is 1.96. The number of rotatable bonds is 9. The second-order valence-corrected chi connectivity index (χ2v) is 12.6. The van der Waals surface area contributed by atoms with Gasteiger partial charge >= 0.3 is 0 Å². The fourth-order valence-electron chi connectivity index (χ4n) is 5.98. The number of aromatic nitrogens is 3. The molecule has 2 saturated heterocycles. The van der Waals surface area contributed by atoms with Gasteiger partial charge in [0.25, 0.3) is 0 Å². The van der Waals surface area contributed by atoms with Gasteiger partial charge in [-0.15, -0.1) is 0 Å². The molecular formula is C33H36ClN7S. The van der Waals surface area contributed by atoms with Gasteiger partial charge in [0, 0.05) is 54.2 Å². The van der Waals surface area contributed by atoms with Crippen LogP contribution in [0.5, 0.6) is 0 Å². The molecule has 42 heavy (non-hydrogen) atoms. The predicted molar refractivity (Wildman–Crippen MR) is 172 cm³/mol. The fraction of sp³-hybridized carbons (Fsp3) is 0.364. The average molecular weight is 598 g/mol. The van der Waals surface area contributed by atoms with E-state index in [0.29, 0.717) is 10.6 Å². The number of aryl methyl sites for hydroxylation is 1. The molecule has 2 aliphatic heterocycles. The zero-order chi connectivity index (χ0) is 28.9. The maximum Gasteiger partial charge on any atom is 0.172 e. The molecule has 4 heterocycles. The predicted octanol–water partition coefficient (Wildman–Crippen LogP) is 7.35. The molecule has 9 heteroatoms. The molecule has 2 aliphatic rings. The highest BCUT2D eigenvalue weighted by molar-refractivity contribution is 7.99. The Kier molecular flexibility index (Phi) is 9.11. The zero-order valence-corrected chi connectivity index (χ0v) is 25.5. The van der Waals surface area contributed by atoms with Crippen molar-refractivity contribution >= 4 is 51.7 Å². The van der Waals surface area contributed by atoms with Gasteiger partial charge in [-0.25, -0.2) is 4.98 Å². The zero-order valence-electron chi connectivity index (χ0n) is 24.0. The highest BCUT2D eigenvalue weighted by Crippen LogP contribution is 2.36. The molecule has 0 atom stereocenters. The van der Waals surface area contributed by atoms with Gasteiger partial charge in [-0.1, -0.05) is 47.6 Å². The van der Waals surface area contributed by atoms with E-state index in [2.05, 4.69) is 55.4 Å². The van der Waals surface area contributed by atoms with Crippen LogP contribution in [-0.4, -0.2) is 63.1 Å². The summed E-state index contributed by atoms with van der Waals surface area (Å²) >= 11 is 8.15. The van der Waals surface area contributed by atoms with E-state index >= 15 is 0 Å². The SMILES string of the molecule is Cn1ccnc1Sc1ccc(Nc2c(C#N)cnc3cc(/C=C/CCN4CCC(N5CCCC5)CC4)ccc23)cc1Cl. The molecule has 0 aliphatic carbocycles. The number of hydrogen-bond acceptors (Lipinski definition) is 7. The fourth-order valence-corrected chi connectivity index (χ4v) is 7.08. The average Bonchev–Trinajstić information content (AvgIpc) is 3.69. The Morgan fingerprint density at radius 3 is 2.67 bits per heavy atom. The lowest BCUT2D eigenvalue weighted by Gasteiger charge is -2.36. The van der Waals surface area contributed by atoms with E-state index in [0.717, 1.165) is 56.9 Å². The van der Waals surface area contributed by atoms with E-state index < -0.39 is 0 Å². The van der Waals surface area contributed by atoms with Gasteiger partial charge in [0.05, 0.1) is 21.8 Å². The number of fused-ring (bicyclic) bond motifs is 1. The van der Waals surface area contributed by atoms with Crippen LogP contribution in [0.4, 0.5) is 11.4 Å². The molecule has 216 valence electrons. The number of pyridine rings is 1. The van der Waals surface area contributed by atoms with Gasteiger partial charge in [-0.3, -0.25) is 4.98 Å². The molecular weight excluding hydrogens is 562 g/mol. The lowest BCUT2D eigenvalue weighted by atomic mass is 10.0. The third-order valence-electron chi connectivity index (χ3n) is 8.33. The highest BCUT2D eigenvalue weighted by Gasteiger charge is 2.25. The second-order valence-electron chi connectivity index (χ2n) is 11.1. The van der Waals surface area contributed by atoms with Crippen LogP contribution in [0.2, 0.25) is 5.02 Å². The van der Waals surface area contributed by atoms with Gasteiger partial charge in [-0.05, 0) is 88.1 Å². The number of nitrogens with zero attached hydrogens (tertiary/aromatic N) is 6. The number of nitriles is 1. The standard InChI is InChI=1S/C33H36ClN7S/c1-39-19-13-36-33(39)42-31-10-8-26(21-29(31)34)38-32-25(22-35)23-37-30-20-24(7-9-28(30)32)6-2-3-14-40-17-11-27(12-18-40)41-15-4-5-16-41/h2,6-10,13,19-21,23,27H,3-5,11-12,14-18H2,1H3,(H,37,38)/b6-2+. The monoisotopic (exact) mass is 597 g/mol. The molecule has 2 aromatic heterocycles. The Labute approximate surface area is 257 Å². The lowest BCUT2D eigenvalue weighted by molar-refractivity contribution is 0.128. The minimum absolute atomic E-state index is 0.488. The van der Waals surface area contributed by atoms with Crippen molar-refractivity contribution < 1.29 is 0 Å². The van der Waals surface area contributed by atoms with E-state index in [1.807, 2.05) is 42.1 Å². The van der Waals surface area contributed by atoms with Crippen LogP contribution < -0.4 is 5.32 Å². The quantitative estimate of drug-likeness (QED) is 0.216. The smallest absolute Gasteiger partial charge is 0.172 e. The van der Waals surface area contributed by atoms with Crippen molar-refractivity contribution in [2.45, 2.75) is 48.2 Å². The maximum absolute atomic E-state index is 9.81. The Morgan fingerprint density at radius 1 is 1.10 bits per heavy atom. The summed E-state index contributed by atoms with van der Waals surface area (Å²) in [6, 6.07) is 15.1. The first-order valence-electron chi connectivity index (χ1n) is 14.7. The van der Waals surface area contributed by atoms with Gasteiger partial charge in [0.2, 0.25) is 0 Å². The lowest BCUT2D eigenvalue weighted by Crippen LogP contribution is -2.43. The highest BCUT2D eigenvalue weighted by atomic mass is 35.5. The van der Waals surface area contributed by atoms with Crippen molar-refractivity contribution in [3.8, 4) is 6.07 Å². The first-order valence-corrected chi connectivity index (χ1v) is 15.9.